The van der Waals surface area contributed by atoms with Crippen molar-refractivity contribution in [3.63, 3.8) is 0 Å². The summed E-state index contributed by atoms with van der Waals surface area (Å²) in [4.78, 5) is 13.0. The molecule has 0 radical (unpaired) electrons. The van der Waals surface area contributed by atoms with Crippen LogP contribution in [0.5, 0.6) is 0 Å². The van der Waals surface area contributed by atoms with E-state index in [9.17, 15) is 13.2 Å². The molecule has 2 N–H and O–H groups in total. The fourth-order valence-electron chi connectivity index (χ4n) is 5.04. The average Bonchev–Trinajstić information content (AvgIpc) is 3.43. The molecule has 1 atom stereocenters. The fourth-order valence-corrected chi connectivity index (χ4v) is 6.19. The van der Waals surface area contributed by atoms with Crippen LogP contribution in [0.15, 0.2) is 94.9 Å². The van der Waals surface area contributed by atoms with Gasteiger partial charge in [-0.2, -0.15) is 13.5 Å². The summed E-state index contributed by atoms with van der Waals surface area (Å²) in [6.45, 7) is 2.22. The quantitative estimate of drug-likeness (QED) is 0.220. The number of hydrazine groups is 1. The molecule has 1 unspecified atom stereocenters. The summed E-state index contributed by atoms with van der Waals surface area (Å²) < 4.78 is 30.5. The topological polar surface area (TPSA) is 102 Å². The smallest absolute Gasteiger partial charge is 0.284 e. The van der Waals surface area contributed by atoms with Gasteiger partial charge in [0.2, 0.25) is 0 Å². The maximum absolute atomic E-state index is 13.1. The molecule has 2 heterocycles. The summed E-state index contributed by atoms with van der Waals surface area (Å²) in [5, 5.41) is 11.8. The molecule has 0 bridgehead atoms. The van der Waals surface area contributed by atoms with Gasteiger partial charge < -0.3 is 0 Å². The van der Waals surface area contributed by atoms with E-state index in [1.807, 2.05) is 53.5 Å². The van der Waals surface area contributed by atoms with Crippen molar-refractivity contribution >= 4 is 73.0 Å². The van der Waals surface area contributed by atoms with E-state index < -0.39 is 10.1 Å². The molecule has 224 valence electrons. The third kappa shape index (κ3) is 7.86. The molecule has 1 amide bonds. The number of piperidine rings is 1. The van der Waals surface area contributed by atoms with Gasteiger partial charge >= 0.3 is 0 Å². The first kappa shape index (κ1) is 31.3. The van der Waals surface area contributed by atoms with Crippen LogP contribution in [0, 0.1) is 0 Å². The number of halogens is 3. The first-order chi connectivity index (χ1) is 20.6. The Morgan fingerprint density at radius 2 is 1.51 bits per heavy atom. The summed E-state index contributed by atoms with van der Waals surface area (Å²) in [5.41, 5.74) is 5.19. The molecule has 0 spiro atoms. The summed E-state index contributed by atoms with van der Waals surface area (Å²) >= 11 is 18.5. The van der Waals surface area contributed by atoms with E-state index in [1.54, 1.807) is 29.3 Å². The minimum Gasteiger partial charge on any atom is -0.284 e. The molecule has 0 saturated carbocycles. The number of nitrogens with zero attached hydrogens (tertiary/aromatic N) is 3. The summed E-state index contributed by atoms with van der Waals surface area (Å²) in [6.07, 6.45) is 3.36. The molecule has 6 rings (SSSR count). The summed E-state index contributed by atoms with van der Waals surface area (Å²) in [7, 11) is -4.09. The predicted octanol–water partition coefficient (Wildman–Crippen LogP) is 7.21. The van der Waals surface area contributed by atoms with Crippen LogP contribution in [0.2, 0.25) is 15.1 Å². The molecule has 4 aromatic rings. The van der Waals surface area contributed by atoms with Gasteiger partial charge in [-0.05, 0) is 71.6 Å². The van der Waals surface area contributed by atoms with Gasteiger partial charge in [0.05, 0.1) is 28.1 Å². The average molecular weight is 660 g/mol. The van der Waals surface area contributed by atoms with Crippen LogP contribution in [0.4, 0.5) is 5.69 Å². The van der Waals surface area contributed by atoms with Gasteiger partial charge in [0.25, 0.3) is 16.0 Å². The Morgan fingerprint density at radius 1 is 0.837 bits per heavy atom. The number of carbonyl (C=O) groups is 1. The fraction of sp³-hybridized carbons (Fsp3) is 0.226. The minimum absolute atomic E-state index is 0.0730. The number of hydrogen-bond donors (Lipinski definition) is 2. The number of hydrazone groups is 1. The van der Waals surface area contributed by atoms with Crippen molar-refractivity contribution < 1.29 is 17.8 Å². The molecule has 0 aliphatic carbocycles. The third-order valence-corrected chi connectivity index (χ3v) is 8.88. The Balaban J connectivity index is 0.000000220. The minimum atomic E-state index is -4.09. The number of carbonyl (C=O) groups excluding carboxylic acids is 1. The zero-order valence-electron chi connectivity index (χ0n) is 23.0. The monoisotopic (exact) mass is 658 g/mol. The molecule has 8 nitrogen and oxygen atoms in total. The van der Waals surface area contributed by atoms with Crippen LogP contribution in [0.3, 0.4) is 0 Å². The largest absolute Gasteiger partial charge is 0.294 e. The zero-order valence-corrected chi connectivity index (χ0v) is 26.0. The number of rotatable bonds is 5. The Bertz CT molecular complexity index is 1760. The Morgan fingerprint density at radius 3 is 2.19 bits per heavy atom. The van der Waals surface area contributed by atoms with Gasteiger partial charge in [0.15, 0.2) is 0 Å². The molecule has 12 heteroatoms. The van der Waals surface area contributed by atoms with Crippen molar-refractivity contribution in [2.45, 2.75) is 30.1 Å². The number of nitrogens with one attached hydrogen (secondary N) is 1. The molecular formula is C31H29Cl3N4O4S. The van der Waals surface area contributed by atoms with E-state index in [0.29, 0.717) is 27.3 Å². The van der Waals surface area contributed by atoms with Crippen molar-refractivity contribution in [2.75, 3.05) is 24.6 Å². The highest BCUT2D eigenvalue weighted by molar-refractivity contribution is 7.85. The second-order valence-corrected chi connectivity index (χ2v) is 12.9. The molecule has 1 saturated heterocycles. The molecule has 2 aliphatic rings. The Hall–Kier alpha value is -3.18. The lowest BCUT2D eigenvalue weighted by molar-refractivity contribution is -0.119. The van der Waals surface area contributed by atoms with Crippen molar-refractivity contribution in [1.29, 1.82) is 0 Å². The van der Waals surface area contributed by atoms with Crippen LogP contribution in [0.25, 0.3) is 10.8 Å². The van der Waals surface area contributed by atoms with Gasteiger partial charge in [0.1, 0.15) is 5.71 Å². The lowest BCUT2D eigenvalue weighted by Crippen LogP contribution is -2.48. The number of benzene rings is 4. The standard InChI is InChI=1S/C21H21Cl3N4O.C10H8O3S/c22-15-6-4-14(5-7-15)17-13-28(19-9-8-16(23)12-18(19)24)25-20(17)21(29)26-27-10-2-1-3-11-27;11-14(12,13)10-6-5-8-3-1-2-4-9(8)7-10/h4-9,12,17H,1-3,10-11,13H2,(H,26,29);1-7H,(H,11,12,13). The highest BCUT2D eigenvalue weighted by atomic mass is 35.5. The first-order valence-electron chi connectivity index (χ1n) is 13.7. The summed E-state index contributed by atoms with van der Waals surface area (Å²) in [5.74, 6) is -0.372. The Kier molecular flexibility index (Phi) is 9.91. The number of amides is 1. The van der Waals surface area contributed by atoms with Crippen LogP contribution in [-0.2, 0) is 14.9 Å². The molecule has 43 heavy (non-hydrogen) atoms. The zero-order chi connectivity index (χ0) is 30.6. The van der Waals surface area contributed by atoms with E-state index in [-0.39, 0.29) is 16.7 Å². The molecule has 4 aromatic carbocycles. The second-order valence-electron chi connectivity index (χ2n) is 10.2. The Labute approximate surface area is 265 Å². The third-order valence-electron chi connectivity index (χ3n) is 7.24. The first-order valence-corrected chi connectivity index (χ1v) is 16.2. The molecular weight excluding hydrogens is 631 g/mol. The normalized spacial score (nSPS) is 17.3. The van der Waals surface area contributed by atoms with Crippen molar-refractivity contribution in [3.05, 3.63) is 106 Å². The van der Waals surface area contributed by atoms with E-state index in [4.69, 9.17) is 39.4 Å². The number of fused-ring (bicyclic) bond motifs is 1. The lowest BCUT2D eigenvalue weighted by atomic mass is 9.94. The van der Waals surface area contributed by atoms with Gasteiger partial charge in [-0.3, -0.25) is 19.8 Å². The number of hydrogen-bond acceptors (Lipinski definition) is 6. The van der Waals surface area contributed by atoms with Crippen LogP contribution < -0.4 is 10.4 Å². The highest BCUT2D eigenvalue weighted by Crippen LogP contribution is 2.35. The van der Waals surface area contributed by atoms with Crippen molar-refractivity contribution in [3.8, 4) is 0 Å². The summed E-state index contributed by atoms with van der Waals surface area (Å²) in [6, 6.07) is 24.6. The number of anilines is 1. The van der Waals surface area contributed by atoms with E-state index in [1.165, 1.54) is 18.6 Å². The van der Waals surface area contributed by atoms with Gasteiger partial charge in [-0.1, -0.05) is 83.7 Å². The maximum Gasteiger partial charge on any atom is 0.294 e. The van der Waals surface area contributed by atoms with Crippen LogP contribution in [-0.4, -0.2) is 49.2 Å². The molecule has 1 fully saturated rings. The van der Waals surface area contributed by atoms with Gasteiger partial charge in [0, 0.05) is 23.1 Å². The maximum atomic E-state index is 13.1. The molecule has 2 aliphatic heterocycles. The SMILES string of the molecule is O=C(NN1CCCCC1)C1=NN(c2ccc(Cl)cc2Cl)CC1c1ccc(Cl)cc1.O=S(=O)(O)c1ccc2ccccc2c1. The van der Waals surface area contributed by atoms with E-state index in [2.05, 4.69) is 10.5 Å². The lowest BCUT2D eigenvalue weighted by Gasteiger charge is -2.27. The molecule has 0 aromatic heterocycles. The van der Waals surface area contributed by atoms with Crippen LogP contribution >= 0.6 is 34.8 Å². The van der Waals surface area contributed by atoms with E-state index >= 15 is 0 Å². The predicted molar refractivity (Wildman–Crippen MR) is 173 cm³/mol. The van der Waals surface area contributed by atoms with Crippen molar-refractivity contribution in [2.24, 2.45) is 5.10 Å². The second kappa shape index (κ2) is 13.6. The van der Waals surface area contributed by atoms with Gasteiger partial charge in [-0.25, -0.2) is 5.01 Å². The highest BCUT2D eigenvalue weighted by Gasteiger charge is 2.35. The van der Waals surface area contributed by atoms with Gasteiger partial charge in [-0.15, -0.1) is 0 Å². The van der Waals surface area contributed by atoms with Crippen LogP contribution in [0.1, 0.15) is 30.7 Å². The van der Waals surface area contributed by atoms with Crippen molar-refractivity contribution in [1.82, 2.24) is 10.4 Å². The van der Waals surface area contributed by atoms with E-state index in [0.717, 1.165) is 48.0 Å².